The summed E-state index contributed by atoms with van der Waals surface area (Å²) in [6.45, 7) is 4.14. The smallest absolute Gasteiger partial charge is 0.323 e. The van der Waals surface area contributed by atoms with Crippen molar-refractivity contribution in [2.45, 2.75) is 32.6 Å². The number of hydrogen-bond donors (Lipinski definition) is 1. The van der Waals surface area contributed by atoms with Gasteiger partial charge in [-0.05, 0) is 44.4 Å². The lowest BCUT2D eigenvalue weighted by Crippen LogP contribution is -2.38. The molecule has 0 saturated heterocycles. The molecule has 26 heavy (non-hydrogen) atoms. The minimum atomic E-state index is -1.04. The Labute approximate surface area is 152 Å². The third-order valence-electron chi connectivity index (χ3n) is 4.67. The van der Waals surface area contributed by atoms with Crippen LogP contribution in [0.5, 0.6) is 0 Å². The number of carbonyl (C=O) groups excluding carboxylic acids is 1. The molecule has 1 aromatic carbocycles. The molecule has 3 rings (SSSR count). The van der Waals surface area contributed by atoms with Gasteiger partial charge in [0.1, 0.15) is 6.54 Å². The highest BCUT2D eigenvalue weighted by Crippen LogP contribution is 2.40. The molecule has 1 amide bonds. The van der Waals surface area contributed by atoms with Gasteiger partial charge in [-0.3, -0.25) is 14.6 Å². The maximum Gasteiger partial charge on any atom is 0.323 e. The summed E-state index contributed by atoms with van der Waals surface area (Å²) in [5, 5.41) is 9.97. The van der Waals surface area contributed by atoms with E-state index in [9.17, 15) is 14.7 Å². The van der Waals surface area contributed by atoms with Crippen LogP contribution >= 0.6 is 0 Å². The number of aryl methyl sites for hydroxylation is 2. The molecule has 0 atom stereocenters. The van der Waals surface area contributed by atoms with Crippen LogP contribution in [-0.4, -0.2) is 53.7 Å². The van der Waals surface area contributed by atoms with Crippen LogP contribution in [0.3, 0.4) is 0 Å². The number of methoxy groups -OCH3 is 1. The molecule has 2 aromatic rings. The molecule has 1 N–H and O–H groups in total. The highest BCUT2D eigenvalue weighted by atomic mass is 16.5. The van der Waals surface area contributed by atoms with E-state index in [0.29, 0.717) is 11.5 Å². The third-order valence-corrected chi connectivity index (χ3v) is 4.67. The Morgan fingerprint density at radius 2 is 2.00 bits per heavy atom. The Kier molecular flexibility index (Phi) is 5.23. The molecule has 0 spiro atoms. The molecular weight excluding hydrogens is 332 g/mol. The summed E-state index contributed by atoms with van der Waals surface area (Å²) in [4.78, 5) is 30.5. The molecule has 1 heterocycles. The van der Waals surface area contributed by atoms with Crippen molar-refractivity contribution in [1.82, 2.24) is 9.88 Å². The first-order chi connectivity index (χ1) is 12.4. The Morgan fingerprint density at radius 3 is 2.62 bits per heavy atom. The van der Waals surface area contributed by atoms with E-state index in [2.05, 4.69) is 6.07 Å². The highest BCUT2D eigenvalue weighted by molar-refractivity contribution is 6.07. The van der Waals surface area contributed by atoms with Gasteiger partial charge in [0.2, 0.25) is 0 Å². The summed E-state index contributed by atoms with van der Waals surface area (Å²) in [5.41, 5.74) is 4.35. The average Bonchev–Trinajstić information content (AvgIpc) is 3.42. The fraction of sp³-hybridized carbons (Fsp3) is 0.450. The first kappa shape index (κ1) is 18.3. The number of carboxylic acids is 1. The van der Waals surface area contributed by atoms with Crippen LogP contribution in [0.4, 0.5) is 0 Å². The van der Waals surface area contributed by atoms with Gasteiger partial charge in [-0.25, -0.2) is 0 Å². The number of ether oxygens (including phenoxy) is 1. The van der Waals surface area contributed by atoms with Crippen molar-refractivity contribution in [3.63, 3.8) is 0 Å². The minimum absolute atomic E-state index is 0.231. The molecule has 0 aliphatic heterocycles. The summed E-state index contributed by atoms with van der Waals surface area (Å²) >= 11 is 0. The molecule has 1 fully saturated rings. The van der Waals surface area contributed by atoms with Crippen molar-refractivity contribution in [1.29, 1.82) is 0 Å². The van der Waals surface area contributed by atoms with Crippen LogP contribution in [0.25, 0.3) is 10.9 Å². The van der Waals surface area contributed by atoms with Crippen molar-refractivity contribution in [3.8, 4) is 0 Å². The number of amides is 1. The zero-order valence-corrected chi connectivity index (χ0v) is 15.4. The second kappa shape index (κ2) is 7.41. The molecular formula is C20H24N2O4. The molecule has 0 bridgehead atoms. The Bertz CT molecular complexity index is 859. The molecule has 1 aromatic heterocycles. The molecule has 0 unspecified atom stereocenters. The SMILES string of the molecule is COCCN(CC(=O)O)C(=O)c1cc(C2CC2)nc2c(C)cc(C)cc12. The predicted molar refractivity (Wildman–Crippen MR) is 98.6 cm³/mol. The van der Waals surface area contributed by atoms with Gasteiger partial charge >= 0.3 is 5.97 Å². The fourth-order valence-electron chi connectivity index (χ4n) is 3.25. The quantitative estimate of drug-likeness (QED) is 0.825. The monoisotopic (exact) mass is 356 g/mol. The molecule has 6 heteroatoms. The van der Waals surface area contributed by atoms with Gasteiger partial charge in [0.05, 0.1) is 17.7 Å². The van der Waals surface area contributed by atoms with Gasteiger partial charge in [-0.15, -0.1) is 0 Å². The first-order valence-electron chi connectivity index (χ1n) is 8.82. The molecule has 1 aliphatic carbocycles. The average molecular weight is 356 g/mol. The van der Waals surface area contributed by atoms with Gasteiger partial charge in [0, 0.05) is 30.7 Å². The van der Waals surface area contributed by atoms with Gasteiger partial charge < -0.3 is 14.7 Å². The number of nitrogens with zero attached hydrogens (tertiary/aromatic N) is 2. The molecule has 1 aliphatic rings. The maximum absolute atomic E-state index is 13.2. The zero-order chi connectivity index (χ0) is 18.8. The second-order valence-electron chi connectivity index (χ2n) is 6.96. The van der Waals surface area contributed by atoms with Gasteiger partial charge in [0.15, 0.2) is 0 Å². The topological polar surface area (TPSA) is 79.7 Å². The van der Waals surface area contributed by atoms with Crippen molar-refractivity contribution < 1.29 is 19.4 Å². The standard InChI is InChI=1S/C20H24N2O4/c1-12-8-13(2)19-15(9-12)16(10-17(21-19)14-4-5-14)20(25)22(6-7-26-3)11-18(23)24/h8-10,14H,4-7,11H2,1-3H3,(H,23,24). The number of carbonyl (C=O) groups is 2. The summed E-state index contributed by atoms with van der Waals surface area (Å²) in [6, 6.07) is 5.86. The Balaban J connectivity index is 2.11. The van der Waals surface area contributed by atoms with E-state index in [4.69, 9.17) is 9.72 Å². The van der Waals surface area contributed by atoms with Gasteiger partial charge in [-0.2, -0.15) is 0 Å². The van der Waals surface area contributed by atoms with Crippen molar-refractivity contribution in [2.75, 3.05) is 26.8 Å². The van der Waals surface area contributed by atoms with Crippen LogP contribution in [-0.2, 0) is 9.53 Å². The molecule has 1 saturated carbocycles. The lowest BCUT2D eigenvalue weighted by Gasteiger charge is -2.22. The van der Waals surface area contributed by atoms with E-state index in [-0.39, 0.29) is 25.6 Å². The maximum atomic E-state index is 13.2. The zero-order valence-electron chi connectivity index (χ0n) is 15.4. The number of pyridine rings is 1. The largest absolute Gasteiger partial charge is 0.480 e. The minimum Gasteiger partial charge on any atom is -0.480 e. The first-order valence-corrected chi connectivity index (χ1v) is 8.82. The summed E-state index contributed by atoms with van der Waals surface area (Å²) in [5.74, 6) is -0.926. The predicted octanol–water partition coefficient (Wildman–Crippen LogP) is 2.90. The van der Waals surface area contributed by atoms with Gasteiger partial charge in [0.25, 0.3) is 5.91 Å². The van der Waals surface area contributed by atoms with Gasteiger partial charge in [-0.1, -0.05) is 11.6 Å². The number of rotatable bonds is 7. The molecule has 6 nitrogen and oxygen atoms in total. The number of benzene rings is 1. The van der Waals surface area contributed by atoms with E-state index in [0.717, 1.165) is 40.6 Å². The van der Waals surface area contributed by atoms with Crippen LogP contribution in [0.15, 0.2) is 18.2 Å². The second-order valence-corrected chi connectivity index (χ2v) is 6.96. The van der Waals surface area contributed by atoms with E-state index in [1.54, 1.807) is 0 Å². The highest BCUT2D eigenvalue weighted by Gasteiger charge is 2.28. The summed E-state index contributed by atoms with van der Waals surface area (Å²) in [7, 11) is 1.53. The Morgan fingerprint density at radius 1 is 1.27 bits per heavy atom. The van der Waals surface area contributed by atoms with Crippen molar-refractivity contribution in [3.05, 3.63) is 40.6 Å². The lowest BCUT2D eigenvalue weighted by molar-refractivity contribution is -0.137. The van der Waals surface area contributed by atoms with E-state index in [1.165, 1.54) is 12.0 Å². The number of fused-ring (bicyclic) bond motifs is 1. The molecule has 0 radical (unpaired) electrons. The van der Waals surface area contributed by atoms with E-state index in [1.807, 2.05) is 26.0 Å². The van der Waals surface area contributed by atoms with E-state index < -0.39 is 5.97 Å². The lowest BCUT2D eigenvalue weighted by atomic mass is 10.00. The third kappa shape index (κ3) is 3.85. The van der Waals surface area contributed by atoms with Crippen LogP contribution in [0.2, 0.25) is 0 Å². The van der Waals surface area contributed by atoms with Crippen molar-refractivity contribution >= 4 is 22.8 Å². The Hall–Kier alpha value is -2.47. The number of aromatic nitrogens is 1. The number of carboxylic acid groups (broad SMARTS) is 1. The van der Waals surface area contributed by atoms with Crippen LogP contribution < -0.4 is 0 Å². The summed E-state index contributed by atoms with van der Waals surface area (Å²) in [6.07, 6.45) is 2.17. The number of hydrogen-bond acceptors (Lipinski definition) is 4. The van der Waals surface area contributed by atoms with E-state index >= 15 is 0 Å². The summed E-state index contributed by atoms with van der Waals surface area (Å²) < 4.78 is 5.04. The fourth-order valence-corrected chi connectivity index (χ4v) is 3.25. The van der Waals surface area contributed by atoms with Crippen LogP contribution in [0, 0.1) is 13.8 Å². The molecule has 138 valence electrons. The normalized spacial score (nSPS) is 13.8. The van der Waals surface area contributed by atoms with Crippen molar-refractivity contribution in [2.24, 2.45) is 0 Å². The van der Waals surface area contributed by atoms with Crippen LogP contribution in [0.1, 0.15) is 45.9 Å². The number of aliphatic carboxylic acids is 1.